The molecule has 1 aromatic rings. The number of aromatic nitrogens is 1. The lowest BCUT2D eigenvalue weighted by molar-refractivity contribution is -0.137. The van der Waals surface area contributed by atoms with E-state index in [1.54, 1.807) is 6.20 Å². The normalized spacial score (nSPS) is 25.6. The van der Waals surface area contributed by atoms with E-state index in [0.717, 1.165) is 56.9 Å². The van der Waals surface area contributed by atoms with Crippen molar-refractivity contribution in [1.29, 1.82) is 0 Å². The molecule has 0 radical (unpaired) electrons. The van der Waals surface area contributed by atoms with Crippen LogP contribution in [-0.2, 0) is 9.53 Å². The molecule has 21 heavy (non-hydrogen) atoms. The van der Waals surface area contributed by atoms with Crippen LogP contribution in [0.5, 0.6) is 0 Å². The molecule has 1 amide bonds. The third-order valence-electron chi connectivity index (χ3n) is 4.65. The summed E-state index contributed by atoms with van der Waals surface area (Å²) in [6.07, 6.45) is 6.37. The molecule has 5 heteroatoms. The molecule has 1 atom stereocenters. The second kappa shape index (κ2) is 6.02. The maximum Gasteiger partial charge on any atom is 0.222 e. The van der Waals surface area contributed by atoms with Crippen molar-refractivity contribution in [2.45, 2.75) is 26.2 Å². The molecule has 0 aliphatic carbocycles. The summed E-state index contributed by atoms with van der Waals surface area (Å²) < 4.78 is 5.55. The van der Waals surface area contributed by atoms with Crippen LogP contribution < -0.4 is 5.32 Å². The number of carbonyl (C=O) groups is 1. The average Bonchev–Trinajstić information content (AvgIpc) is 2.93. The van der Waals surface area contributed by atoms with Crippen LogP contribution in [0.3, 0.4) is 0 Å². The van der Waals surface area contributed by atoms with E-state index in [9.17, 15) is 4.79 Å². The highest BCUT2D eigenvalue weighted by Crippen LogP contribution is 2.37. The summed E-state index contributed by atoms with van der Waals surface area (Å²) in [4.78, 5) is 18.2. The molecular formula is C16H23N3O2. The average molecular weight is 289 g/mol. The predicted octanol–water partition coefficient (Wildman–Crippen LogP) is 1.83. The van der Waals surface area contributed by atoms with Crippen LogP contribution in [0.25, 0.3) is 0 Å². The van der Waals surface area contributed by atoms with Crippen LogP contribution in [0.4, 0.5) is 5.69 Å². The number of hydrogen-bond donors (Lipinski definition) is 1. The molecule has 114 valence electrons. The summed E-state index contributed by atoms with van der Waals surface area (Å²) in [5.41, 5.74) is 2.44. The molecule has 3 heterocycles. The number of amides is 1. The molecule has 2 fully saturated rings. The second-order valence-corrected chi connectivity index (χ2v) is 6.24. The number of rotatable bonds is 4. The zero-order valence-electron chi connectivity index (χ0n) is 12.6. The third kappa shape index (κ3) is 3.18. The Balaban J connectivity index is 1.54. The zero-order chi connectivity index (χ0) is 14.7. The van der Waals surface area contributed by atoms with Crippen molar-refractivity contribution in [2.24, 2.45) is 5.41 Å². The Kier molecular flexibility index (Phi) is 4.10. The van der Waals surface area contributed by atoms with Gasteiger partial charge >= 0.3 is 0 Å². The van der Waals surface area contributed by atoms with Gasteiger partial charge in [0.15, 0.2) is 0 Å². The molecule has 0 aromatic carbocycles. The number of aryl methyl sites for hydroxylation is 1. The van der Waals surface area contributed by atoms with Gasteiger partial charge in [-0.25, -0.2) is 0 Å². The van der Waals surface area contributed by atoms with Gasteiger partial charge in [-0.2, -0.15) is 0 Å². The second-order valence-electron chi connectivity index (χ2n) is 6.24. The van der Waals surface area contributed by atoms with Crippen LogP contribution in [0.2, 0.25) is 0 Å². The largest absolute Gasteiger partial charge is 0.383 e. The van der Waals surface area contributed by atoms with Crippen molar-refractivity contribution in [3.05, 3.63) is 24.0 Å². The molecule has 0 saturated carbocycles. The van der Waals surface area contributed by atoms with E-state index in [1.165, 1.54) is 0 Å². The van der Waals surface area contributed by atoms with E-state index in [0.29, 0.717) is 6.42 Å². The highest BCUT2D eigenvalue weighted by molar-refractivity contribution is 5.77. The lowest BCUT2D eigenvalue weighted by atomic mass is 9.79. The summed E-state index contributed by atoms with van der Waals surface area (Å²) in [6, 6.07) is 1.97. The van der Waals surface area contributed by atoms with E-state index in [-0.39, 0.29) is 11.3 Å². The molecular weight excluding hydrogens is 266 g/mol. The van der Waals surface area contributed by atoms with Crippen LogP contribution in [0.15, 0.2) is 18.5 Å². The van der Waals surface area contributed by atoms with Gasteiger partial charge in [0.2, 0.25) is 5.91 Å². The van der Waals surface area contributed by atoms with E-state index in [2.05, 4.69) is 10.3 Å². The number of nitrogens with one attached hydrogen (secondary N) is 1. The number of anilines is 1. The van der Waals surface area contributed by atoms with Crippen LogP contribution in [0.1, 0.15) is 24.8 Å². The molecule has 1 aromatic heterocycles. The Bertz CT molecular complexity index is 512. The van der Waals surface area contributed by atoms with Gasteiger partial charge in [-0.05, 0) is 31.4 Å². The lowest BCUT2D eigenvalue weighted by Crippen LogP contribution is -2.48. The fourth-order valence-corrected chi connectivity index (χ4v) is 3.27. The van der Waals surface area contributed by atoms with E-state index in [4.69, 9.17) is 4.74 Å². The number of ether oxygens (including phenoxy) is 1. The van der Waals surface area contributed by atoms with E-state index in [1.807, 2.05) is 24.1 Å². The maximum absolute atomic E-state index is 12.1. The molecule has 3 rings (SSSR count). The van der Waals surface area contributed by atoms with Crippen molar-refractivity contribution in [1.82, 2.24) is 9.88 Å². The number of piperidine rings is 1. The van der Waals surface area contributed by atoms with Gasteiger partial charge < -0.3 is 15.0 Å². The van der Waals surface area contributed by atoms with Crippen molar-refractivity contribution < 1.29 is 9.53 Å². The van der Waals surface area contributed by atoms with Crippen molar-refractivity contribution in [3.63, 3.8) is 0 Å². The molecule has 1 N–H and O–H groups in total. The van der Waals surface area contributed by atoms with E-state index >= 15 is 0 Å². The van der Waals surface area contributed by atoms with Crippen molar-refractivity contribution in [2.75, 3.05) is 38.2 Å². The van der Waals surface area contributed by atoms with Gasteiger partial charge in [0.25, 0.3) is 0 Å². The Morgan fingerprint density at radius 3 is 3.14 bits per heavy atom. The monoisotopic (exact) mass is 289 g/mol. The van der Waals surface area contributed by atoms with Gasteiger partial charge in [-0.3, -0.25) is 9.78 Å². The van der Waals surface area contributed by atoms with Gasteiger partial charge in [-0.1, -0.05) is 0 Å². The van der Waals surface area contributed by atoms with Gasteiger partial charge in [0.05, 0.1) is 6.61 Å². The van der Waals surface area contributed by atoms with Crippen LogP contribution in [0, 0.1) is 12.3 Å². The quantitative estimate of drug-likeness (QED) is 0.919. The van der Waals surface area contributed by atoms with Crippen molar-refractivity contribution >= 4 is 11.6 Å². The summed E-state index contributed by atoms with van der Waals surface area (Å²) >= 11 is 0. The minimum absolute atomic E-state index is 0.223. The van der Waals surface area contributed by atoms with Crippen molar-refractivity contribution in [3.8, 4) is 0 Å². The molecule has 2 aliphatic rings. The Hall–Kier alpha value is -1.62. The zero-order valence-corrected chi connectivity index (χ0v) is 12.6. The molecule has 2 saturated heterocycles. The lowest BCUT2D eigenvalue weighted by Gasteiger charge is -2.39. The number of hydrogen-bond acceptors (Lipinski definition) is 4. The number of nitrogens with zero attached hydrogens (tertiary/aromatic N) is 2. The summed E-state index contributed by atoms with van der Waals surface area (Å²) in [5, 5.41) is 3.39. The van der Waals surface area contributed by atoms with Gasteiger partial charge in [-0.15, -0.1) is 0 Å². The summed E-state index contributed by atoms with van der Waals surface area (Å²) in [5.74, 6) is 0.278. The maximum atomic E-state index is 12.1. The van der Waals surface area contributed by atoms with E-state index < -0.39 is 0 Å². The molecule has 2 aliphatic heterocycles. The van der Waals surface area contributed by atoms with Gasteiger partial charge in [0, 0.05) is 56.2 Å². The minimum atomic E-state index is 0.223. The first-order valence-corrected chi connectivity index (χ1v) is 7.69. The Morgan fingerprint density at radius 1 is 1.48 bits per heavy atom. The predicted molar refractivity (Wildman–Crippen MR) is 81.1 cm³/mol. The molecule has 0 unspecified atom stereocenters. The van der Waals surface area contributed by atoms with Crippen LogP contribution >= 0.6 is 0 Å². The number of carbonyl (C=O) groups excluding carboxylic acids is 1. The number of likely N-dealkylation sites (tertiary alicyclic amines) is 1. The van der Waals surface area contributed by atoms with Gasteiger partial charge in [0.1, 0.15) is 0 Å². The number of pyridine rings is 1. The molecule has 0 bridgehead atoms. The highest BCUT2D eigenvalue weighted by Gasteiger charge is 2.41. The topological polar surface area (TPSA) is 54.5 Å². The fourth-order valence-electron chi connectivity index (χ4n) is 3.27. The highest BCUT2D eigenvalue weighted by atomic mass is 16.5. The first kappa shape index (κ1) is 14.3. The first-order chi connectivity index (χ1) is 10.2. The standard InChI is InChI=1S/C16H23N3O2/c1-13-10-17-6-3-14(13)18-7-8-19-11-16(4-2-15(19)20)5-9-21-12-16/h3,6,10H,2,4-5,7-9,11-12H2,1H3,(H,17,18)/t16-/m1/s1. The minimum Gasteiger partial charge on any atom is -0.383 e. The third-order valence-corrected chi connectivity index (χ3v) is 4.65. The first-order valence-electron chi connectivity index (χ1n) is 7.69. The van der Waals surface area contributed by atoms with Crippen LogP contribution in [-0.4, -0.2) is 48.6 Å². The summed E-state index contributed by atoms with van der Waals surface area (Å²) in [7, 11) is 0. The Labute approximate surface area is 125 Å². The molecule has 1 spiro atoms. The SMILES string of the molecule is Cc1cnccc1NCCN1C[C@]2(CCOC2)CCC1=O. The fraction of sp³-hybridized carbons (Fsp3) is 0.625. The summed E-state index contributed by atoms with van der Waals surface area (Å²) in [6.45, 7) is 6.06. The smallest absolute Gasteiger partial charge is 0.222 e. The Morgan fingerprint density at radius 2 is 2.38 bits per heavy atom. The molecule has 5 nitrogen and oxygen atoms in total.